The summed E-state index contributed by atoms with van der Waals surface area (Å²) >= 11 is 0. The second-order valence-corrected chi connectivity index (χ2v) is 10.1. The lowest BCUT2D eigenvalue weighted by Gasteiger charge is -2.37. The second-order valence-electron chi connectivity index (χ2n) is 10.1. The van der Waals surface area contributed by atoms with Crippen molar-refractivity contribution in [3.63, 3.8) is 0 Å². The molecule has 2 aliphatic rings. The molecule has 5 nitrogen and oxygen atoms in total. The minimum Gasteiger partial charge on any atom is -0.339 e. The zero-order chi connectivity index (χ0) is 23.2. The monoisotopic (exact) mass is 457 g/mol. The van der Waals surface area contributed by atoms with Gasteiger partial charge in [-0.2, -0.15) is 5.10 Å². The molecule has 1 fully saturated rings. The van der Waals surface area contributed by atoms with Crippen molar-refractivity contribution in [1.82, 2.24) is 25.1 Å². The van der Waals surface area contributed by atoms with Crippen LogP contribution in [0.15, 0.2) is 36.4 Å². The van der Waals surface area contributed by atoms with E-state index in [2.05, 4.69) is 52.1 Å². The number of halogens is 1. The highest BCUT2D eigenvalue weighted by atomic mass is 19.1. The van der Waals surface area contributed by atoms with Gasteiger partial charge in [-0.15, -0.1) is 0 Å². The van der Waals surface area contributed by atoms with Gasteiger partial charge in [-0.25, -0.2) is 9.37 Å². The van der Waals surface area contributed by atoms with E-state index in [0.29, 0.717) is 6.04 Å². The maximum atomic E-state index is 13.9. The van der Waals surface area contributed by atoms with E-state index in [1.807, 2.05) is 6.07 Å². The van der Waals surface area contributed by atoms with Gasteiger partial charge in [0.25, 0.3) is 0 Å². The Kier molecular flexibility index (Phi) is 5.48. The van der Waals surface area contributed by atoms with Gasteiger partial charge in [0.2, 0.25) is 0 Å². The Morgan fingerprint density at radius 3 is 2.76 bits per heavy atom. The van der Waals surface area contributed by atoms with Crippen molar-refractivity contribution in [3.8, 4) is 22.6 Å². The number of benzene rings is 2. The van der Waals surface area contributed by atoms with Crippen LogP contribution in [0, 0.1) is 11.7 Å². The van der Waals surface area contributed by atoms with Gasteiger partial charge in [0.05, 0.1) is 16.9 Å². The molecule has 6 rings (SSSR count). The number of aryl methyl sites for hydroxylation is 1. The first-order valence-electron chi connectivity index (χ1n) is 12.7. The highest BCUT2D eigenvalue weighted by Gasteiger charge is 2.29. The molecule has 0 saturated heterocycles. The number of aromatic amines is 2. The molecule has 0 radical (unpaired) electrons. The van der Waals surface area contributed by atoms with Crippen LogP contribution in [0.2, 0.25) is 0 Å². The summed E-state index contributed by atoms with van der Waals surface area (Å²) in [6.45, 7) is 6.52. The molecule has 0 unspecified atom stereocenters. The minimum atomic E-state index is -0.212. The standard InChI is InChI=1S/C28H32FN5/c1-3-18-6-8-20(29)15-23(18)19-7-11-22-25(14-19)32-33-27(22)28-30-24-12-13-34(16-26(24)31-28)21-9-4-17(2)5-10-21/h6-8,11,14-15,17,21H,3-5,9-10,12-13,16H2,1-2H3,(H,30,31)(H,32,33). The van der Waals surface area contributed by atoms with Gasteiger partial charge in [0.1, 0.15) is 11.5 Å². The summed E-state index contributed by atoms with van der Waals surface area (Å²) in [5, 5.41) is 8.82. The number of fused-ring (bicyclic) bond motifs is 2. The summed E-state index contributed by atoms with van der Waals surface area (Å²) in [4.78, 5) is 11.2. The van der Waals surface area contributed by atoms with Gasteiger partial charge in [0, 0.05) is 30.9 Å². The Morgan fingerprint density at radius 1 is 1.09 bits per heavy atom. The molecule has 1 aliphatic carbocycles. The molecule has 3 heterocycles. The molecule has 4 aromatic rings. The molecule has 2 aromatic heterocycles. The number of H-pyrrole nitrogens is 2. The number of aromatic nitrogens is 4. The van der Waals surface area contributed by atoms with Crippen LogP contribution in [0.4, 0.5) is 4.39 Å². The zero-order valence-electron chi connectivity index (χ0n) is 20.0. The molecule has 1 saturated carbocycles. The molecule has 1 aliphatic heterocycles. The van der Waals surface area contributed by atoms with Crippen molar-refractivity contribution in [2.45, 2.75) is 65.0 Å². The van der Waals surface area contributed by atoms with E-state index in [0.717, 1.165) is 71.0 Å². The number of nitrogens with zero attached hydrogens (tertiary/aromatic N) is 3. The Hall–Kier alpha value is -2.99. The molecule has 34 heavy (non-hydrogen) atoms. The summed E-state index contributed by atoms with van der Waals surface area (Å²) < 4.78 is 13.9. The molecular formula is C28H32FN5. The number of imidazole rings is 1. The third-order valence-corrected chi connectivity index (χ3v) is 7.91. The van der Waals surface area contributed by atoms with Crippen LogP contribution in [0.3, 0.4) is 0 Å². The van der Waals surface area contributed by atoms with Gasteiger partial charge < -0.3 is 4.98 Å². The fourth-order valence-corrected chi connectivity index (χ4v) is 5.84. The molecule has 0 amide bonds. The maximum Gasteiger partial charge on any atom is 0.159 e. The van der Waals surface area contributed by atoms with Crippen LogP contribution in [0.5, 0.6) is 0 Å². The van der Waals surface area contributed by atoms with E-state index < -0.39 is 0 Å². The van der Waals surface area contributed by atoms with Gasteiger partial charge in [-0.05, 0) is 79.0 Å². The molecule has 0 spiro atoms. The first-order valence-corrected chi connectivity index (χ1v) is 12.7. The lowest BCUT2D eigenvalue weighted by atomic mass is 9.86. The third-order valence-electron chi connectivity index (χ3n) is 7.91. The smallest absolute Gasteiger partial charge is 0.159 e. The second kappa shape index (κ2) is 8.66. The van der Waals surface area contributed by atoms with E-state index in [9.17, 15) is 4.39 Å². The van der Waals surface area contributed by atoms with Crippen molar-refractivity contribution >= 4 is 10.9 Å². The molecular weight excluding hydrogens is 425 g/mol. The Bertz CT molecular complexity index is 1330. The quantitative estimate of drug-likeness (QED) is 0.380. The van der Waals surface area contributed by atoms with Gasteiger partial charge >= 0.3 is 0 Å². The van der Waals surface area contributed by atoms with Gasteiger partial charge in [0.15, 0.2) is 5.82 Å². The molecule has 2 N–H and O–H groups in total. The summed E-state index contributed by atoms with van der Waals surface area (Å²) in [5.41, 5.74) is 7.27. The summed E-state index contributed by atoms with van der Waals surface area (Å²) in [5.74, 6) is 1.50. The fraction of sp³-hybridized carbons (Fsp3) is 0.429. The van der Waals surface area contributed by atoms with Crippen molar-refractivity contribution in [3.05, 3.63) is 59.2 Å². The number of rotatable bonds is 4. The molecule has 0 atom stereocenters. The van der Waals surface area contributed by atoms with Crippen LogP contribution >= 0.6 is 0 Å². The van der Waals surface area contributed by atoms with Crippen LogP contribution in [0.25, 0.3) is 33.5 Å². The number of hydrogen-bond acceptors (Lipinski definition) is 3. The first-order chi connectivity index (χ1) is 16.6. The van der Waals surface area contributed by atoms with E-state index in [1.54, 1.807) is 6.07 Å². The Morgan fingerprint density at radius 2 is 1.94 bits per heavy atom. The fourth-order valence-electron chi connectivity index (χ4n) is 5.84. The van der Waals surface area contributed by atoms with Crippen LogP contribution < -0.4 is 0 Å². The van der Waals surface area contributed by atoms with Crippen LogP contribution in [-0.2, 0) is 19.4 Å². The average Bonchev–Trinajstić information content (AvgIpc) is 3.47. The molecule has 6 heteroatoms. The largest absolute Gasteiger partial charge is 0.339 e. The highest BCUT2D eigenvalue weighted by Crippen LogP contribution is 2.34. The van der Waals surface area contributed by atoms with E-state index in [-0.39, 0.29) is 5.82 Å². The van der Waals surface area contributed by atoms with E-state index >= 15 is 0 Å². The predicted octanol–water partition coefficient (Wildman–Crippen LogP) is 6.26. The van der Waals surface area contributed by atoms with Crippen molar-refractivity contribution in [1.29, 1.82) is 0 Å². The average molecular weight is 458 g/mol. The number of nitrogens with one attached hydrogen (secondary N) is 2. The van der Waals surface area contributed by atoms with E-state index in [1.165, 1.54) is 43.1 Å². The van der Waals surface area contributed by atoms with Crippen LogP contribution in [0.1, 0.15) is 56.5 Å². The molecule has 2 aromatic carbocycles. The lowest BCUT2D eigenvalue weighted by molar-refractivity contribution is 0.124. The topological polar surface area (TPSA) is 60.6 Å². The van der Waals surface area contributed by atoms with Crippen molar-refractivity contribution in [2.75, 3.05) is 6.54 Å². The summed E-state index contributed by atoms with van der Waals surface area (Å²) in [6, 6.07) is 11.9. The minimum absolute atomic E-state index is 0.212. The Labute approximate surface area is 199 Å². The molecule has 0 bridgehead atoms. The maximum absolute atomic E-state index is 13.9. The summed E-state index contributed by atoms with van der Waals surface area (Å²) in [7, 11) is 0. The number of hydrogen-bond donors (Lipinski definition) is 2. The first kappa shape index (κ1) is 21.5. The normalized spacial score (nSPS) is 21.1. The predicted molar refractivity (Wildman–Crippen MR) is 134 cm³/mol. The summed E-state index contributed by atoms with van der Waals surface area (Å²) in [6.07, 6.45) is 7.17. The Balaban J connectivity index is 1.28. The van der Waals surface area contributed by atoms with Gasteiger partial charge in [-0.3, -0.25) is 10.00 Å². The van der Waals surface area contributed by atoms with Crippen LogP contribution in [-0.4, -0.2) is 37.7 Å². The third kappa shape index (κ3) is 3.84. The molecule has 176 valence electrons. The zero-order valence-corrected chi connectivity index (χ0v) is 20.0. The SMILES string of the molecule is CCc1ccc(F)cc1-c1ccc2c(-c3nc4c([nH]3)CN(C3CCC(C)CC3)CC4)n[nH]c2c1. The van der Waals surface area contributed by atoms with Crippen molar-refractivity contribution in [2.24, 2.45) is 5.92 Å². The highest BCUT2D eigenvalue weighted by molar-refractivity contribution is 5.94. The van der Waals surface area contributed by atoms with E-state index in [4.69, 9.17) is 4.98 Å². The lowest BCUT2D eigenvalue weighted by Crippen LogP contribution is -2.41. The van der Waals surface area contributed by atoms with Gasteiger partial charge in [-0.1, -0.05) is 26.0 Å². The van der Waals surface area contributed by atoms with Crippen molar-refractivity contribution < 1.29 is 4.39 Å².